The van der Waals surface area contributed by atoms with Gasteiger partial charge in [0, 0.05) is 11.8 Å². The minimum absolute atomic E-state index is 0.108. The molecule has 1 saturated carbocycles. The van der Waals surface area contributed by atoms with Crippen molar-refractivity contribution in [1.29, 1.82) is 0 Å². The van der Waals surface area contributed by atoms with Crippen LogP contribution in [0.4, 0.5) is 8.78 Å². The van der Waals surface area contributed by atoms with E-state index in [0.717, 1.165) is 0 Å². The average molecular weight is 141 g/mol. The van der Waals surface area contributed by atoms with Crippen molar-refractivity contribution in [2.45, 2.75) is 12.8 Å². The van der Waals surface area contributed by atoms with Crippen molar-refractivity contribution in [3.05, 3.63) is 0 Å². The first-order valence-electron chi connectivity index (χ1n) is 2.60. The second kappa shape index (κ2) is 2.18. The Morgan fingerprint density at radius 3 is 2.38 bits per heavy atom. The van der Waals surface area contributed by atoms with Crippen molar-refractivity contribution >= 4 is 11.6 Å². The second-order valence-corrected chi connectivity index (χ2v) is 2.46. The van der Waals surface area contributed by atoms with E-state index in [1.165, 1.54) is 0 Å². The molecule has 48 valence electrons. The van der Waals surface area contributed by atoms with Gasteiger partial charge in [-0.1, -0.05) is 0 Å². The summed E-state index contributed by atoms with van der Waals surface area (Å²) in [6.45, 7) is 0. The van der Waals surface area contributed by atoms with Gasteiger partial charge < -0.3 is 0 Å². The molecule has 0 aromatic carbocycles. The zero-order chi connectivity index (χ0) is 6.15. The van der Waals surface area contributed by atoms with Crippen molar-refractivity contribution in [2.75, 3.05) is 5.88 Å². The van der Waals surface area contributed by atoms with E-state index in [1.807, 2.05) is 0 Å². The summed E-state index contributed by atoms with van der Waals surface area (Å²) in [5.41, 5.74) is 0. The average Bonchev–Trinajstić information content (AvgIpc) is 2.42. The van der Waals surface area contributed by atoms with Gasteiger partial charge in [0.25, 0.3) is 0 Å². The summed E-state index contributed by atoms with van der Waals surface area (Å²) in [6.07, 6.45) is -1.51. The van der Waals surface area contributed by atoms with Crippen LogP contribution in [-0.4, -0.2) is 12.3 Å². The van der Waals surface area contributed by atoms with Gasteiger partial charge in [-0.3, -0.25) is 0 Å². The number of hydrogen-bond acceptors (Lipinski definition) is 0. The Balaban J connectivity index is 2.16. The molecule has 3 heteroatoms. The molecule has 1 aliphatic rings. The molecule has 1 rings (SSSR count). The Kier molecular flexibility index (Phi) is 1.71. The molecule has 1 fully saturated rings. The highest BCUT2D eigenvalue weighted by molar-refractivity contribution is 6.18. The quantitative estimate of drug-likeness (QED) is 0.516. The van der Waals surface area contributed by atoms with E-state index in [2.05, 4.69) is 0 Å². The first-order chi connectivity index (χ1) is 3.75. The van der Waals surface area contributed by atoms with Gasteiger partial charge in [0.2, 0.25) is 6.43 Å². The second-order valence-electron chi connectivity index (χ2n) is 2.15. The van der Waals surface area contributed by atoms with Crippen LogP contribution in [-0.2, 0) is 0 Å². The van der Waals surface area contributed by atoms with Crippen LogP contribution in [0.1, 0.15) is 6.42 Å². The van der Waals surface area contributed by atoms with Crippen LogP contribution in [0.15, 0.2) is 0 Å². The van der Waals surface area contributed by atoms with E-state index >= 15 is 0 Å². The summed E-state index contributed by atoms with van der Waals surface area (Å²) in [4.78, 5) is 0. The lowest BCUT2D eigenvalue weighted by atomic mass is 10.4. The highest BCUT2D eigenvalue weighted by atomic mass is 35.5. The van der Waals surface area contributed by atoms with Crippen molar-refractivity contribution in [3.63, 3.8) is 0 Å². The normalized spacial score (nSPS) is 36.0. The molecule has 8 heavy (non-hydrogen) atoms. The van der Waals surface area contributed by atoms with Crippen molar-refractivity contribution in [1.82, 2.24) is 0 Å². The van der Waals surface area contributed by atoms with Crippen LogP contribution in [0.2, 0.25) is 0 Å². The summed E-state index contributed by atoms with van der Waals surface area (Å²) in [5, 5.41) is 0. The lowest BCUT2D eigenvalue weighted by Crippen LogP contribution is -1.95. The Morgan fingerprint density at radius 2 is 2.25 bits per heavy atom. The SMILES string of the molecule is FC(F)C1CC1CCl. The molecular weight excluding hydrogens is 134 g/mol. The van der Waals surface area contributed by atoms with Crippen LogP contribution in [0.25, 0.3) is 0 Å². The molecule has 0 aromatic heterocycles. The van der Waals surface area contributed by atoms with Gasteiger partial charge in [0.05, 0.1) is 0 Å². The van der Waals surface area contributed by atoms with Gasteiger partial charge in [-0.25, -0.2) is 8.78 Å². The molecule has 0 bridgehead atoms. The molecule has 0 aromatic rings. The molecule has 0 aliphatic heterocycles. The fourth-order valence-electron chi connectivity index (χ4n) is 0.757. The summed E-state index contributed by atoms with van der Waals surface area (Å²) >= 11 is 5.30. The molecule has 2 unspecified atom stereocenters. The lowest BCUT2D eigenvalue weighted by molar-refractivity contribution is 0.117. The highest BCUT2D eigenvalue weighted by Gasteiger charge is 2.42. The Labute approximate surface area is 51.8 Å². The highest BCUT2D eigenvalue weighted by Crippen LogP contribution is 2.43. The number of alkyl halides is 3. The molecule has 0 radical (unpaired) electrons. The van der Waals surface area contributed by atoms with Gasteiger partial charge >= 0.3 is 0 Å². The van der Waals surface area contributed by atoms with Crippen LogP contribution < -0.4 is 0 Å². The van der Waals surface area contributed by atoms with E-state index in [-0.39, 0.29) is 11.8 Å². The van der Waals surface area contributed by atoms with E-state index in [9.17, 15) is 8.78 Å². The molecule has 0 heterocycles. The van der Waals surface area contributed by atoms with E-state index in [0.29, 0.717) is 12.3 Å². The lowest BCUT2D eigenvalue weighted by Gasteiger charge is -1.90. The summed E-state index contributed by atoms with van der Waals surface area (Å²) in [7, 11) is 0. The van der Waals surface area contributed by atoms with Gasteiger partial charge in [-0.2, -0.15) is 0 Å². The van der Waals surface area contributed by atoms with E-state index in [1.54, 1.807) is 0 Å². The fourth-order valence-corrected chi connectivity index (χ4v) is 1.11. The predicted octanol–water partition coefficient (Wildman–Crippen LogP) is 2.13. The molecule has 0 saturated heterocycles. The monoisotopic (exact) mass is 140 g/mol. The van der Waals surface area contributed by atoms with Crippen LogP contribution in [0.5, 0.6) is 0 Å². The van der Waals surface area contributed by atoms with E-state index in [4.69, 9.17) is 11.6 Å². The maximum absolute atomic E-state index is 11.6. The number of rotatable bonds is 2. The molecule has 0 nitrogen and oxygen atoms in total. The summed E-state index contributed by atoms with van der Waals surface area (Å²) in [6, 6.07) is 0. The summed E-state index contributed by atoms with van der Waals surface area (Å²) in [5.74, 6) is 0.124. The first kappa shape index (κ1) is 6.27. The van der Waals surface area contributed by atoms with Crippen LogP contribution >= 0.6 is 11.6 Å². The van der Waals surface area contributed by atoms with Gasteiger partial charge in [-0.05, 0) is 12.3 Å². The third kappa shape index (κ3) is 1.10. The van der Waals surface area contributed by atoms with Crippen LogP contribution in [0, 0.1) is 11.8 Å². The Hall–Kier alpha value is 0.150. The minimum Gasteiger partial charge on any atom is -0.210 e. The van der Waals surface area contributed by atoms with Gasteiger partial charge in [0.1, 0.15) is 0 Å². The zero-order valence-corrected chi connectivity index (χ0v) is 5.04. The zero-order valence-electron chi connectivity index (χ0n) is 4.28. The molecular formula is C5H7ClF2. The van der Waals surface area contributed by atoms with Gasteiger partial charge in [-0.15, -0.1) is 11.6 Å². The molecule has 0 spiro atoms. The van der Waals surface area contributed by atoms with Crippen molar-refractivity contribution in [2.24, 2.45) is 11.8 Å². The van der Waals surface area contributed by atoms with Gasteiger partial charge in [0.15, 0.2) is 0 Å². The topological polar surface area (TPSA) is 0 Å². The fraction of sp³-hybridized carbons (Fsp3) is 1.00. The molecule has 2 atom stereocenters. The molecule has 0 amide bonds. The summed E-state index contributed by atoms with van der Waals surface area (Å²) < 4.78 is 23.2. The third-order valence-electron chi connectivity index (χ3n) is 1.50. The third-order valence-corrected chi connectivity index (χ3v) is 1.90. The van der Waals surface area contributed by atoms with Crippen molar-refractivity contribution in [3.8, 4) is 0 Å². The smallest absolute Gasteiger partial charge is 0.210 e. The van der Waals surface area contributed by atoms with E-state index < -0.39 is 6.43 Å². The van der Waals surface area contributed by atoms with Crippen molar-refractivity contribution < 1.29 is 8.78 Å². The molecule has 0 N–H and O–H groups in total. The minimum atomic E-state index is -2.14. The maximum Gasteiger partial charge on any atom is 0.241 e. The number of halogens is 3. The Morgan fingerprint density at radius 1 is 1.62 bits per heavy atom. The standard InChI is InChI=1S/C5H7ClF2/c6-2-3-1-4(3)5(7)8/h3-5H,1-2H2. The largest absolute Gasteiger partial charge is 0.241 e. The first-order valence-corrected chi connectivity index (χ1v) is 3.13. The Bertz CT molecular complexity index is 84.5. The molecule has 1 aliphatic carbocycles. The maximum atomic E-state index is 11.6. The predicted molar refractivity (Wildman–Crippen MR) is 28.3 cm³/mol. The van der Waals surface area contributed by atoms with Crippen LogP contribution in [0.3, 0.4) is 0 Å². The number of hydrogen-bond donors (Lipinski definition) is 0.